The van der Waals surface area contributed by atoms with Crippen LogP contribution in [0.15, 0.2) is 48.5 Å². The maximum atomic E-state index is 12.3. The van der Waals surface area contributed by atoms with Gasteiger partial charge in [0.05, 0.1) is 24.2 Å². The van der Waals surface area contributed by atoms with Gasteiger partial charge in [0.15, 0.2) is 0 Å². The molecule has 140 valence electrons. The van der Waals surface area contributed by atoms with Gasteiger partial charge in [0.25, 0.3) is 0 Å². The second-order valence-corrected chi connectivity index (χ2v) is 6.54. The fourth-order valence-corrected chi connectivity index (χ4v) is 2.82. The molecule has 0 spiro atoms. The summed E-state index contributed by atoms with van der Waals surface area (Å²) in [6.07, 6.45) is 1.51. The number of urea groups is 1. The van der Waals surface area contributed by atoms with Gasteiger partial charge in [0, 0.05) is 10.7 Å². The van der Waals surface area contributed by atoms with Crippen LogP contribution in [0.3, 0.4) is 0 Å². The monoisotopic (exact) mass is 384 g/mol. The highest BCUT2D eigenvalue weighted by Gasteiger charge is 2.13. The lowest BCUT2D eigenvalue weighted by Crippen LogP contribution is -2.20. The molecule has 3 aromatic rings. The summed E-state index contributed by atoms with van der Waals surface area (Å²) in [6, 6.07) is 14.5. The summed E-state index contributed by atoms with van der Waals surface area (Å²) < 4.78 is 5.17. The maximum Gasteiger partial charge on any atom is 0.323 e. The van der Waals surface area contributed by atoms with Crippen molar-refractivity contribution >= 4 is 29.0 Å². The average molecular weight is 385 g/mol. The summed E-state index contributed by atoms with van der Waals surface area (Å²) in [5.74, 6) is 0.829. The fourth-order valence-electron chi connectivity index (χ4n) is 2.69. The Kier molecular flexibility index (Phi) is 5.98. The quantitative estimate of drug-likeness (QED) is 0.570. The molecule has 0 radical (unpaired) electrons. The number of methoxy groups -OCH3 is 1. The molecule has 2 amide bonds. The van der Waals surface area contributed by atoms with E-state index in [-0.39, 0.29) is 6.03 Å². The number of carbonyl (C=O) groups is 1. The Hall–Kier alpha value is -2.99. The molecule has 0 unspecified atom stereocenters. The van der Waals surface area contributed by atoms with Gasteiger partial charge in [-0.2, -0.15) is 5.10 Å². The third-order valence-electron chi connectivity index (χ3n) is 4.17. The second kappa shape index (κ2) is 8.60. The van der Waals surface area contributed by atoms with Crippen molar-refractivity contribution in [3.8, 4) is 5.75 Å². The molecular formula is C20H21ClN4O2. The van der Waals surface area contributed by atoms with E-state index in [2.05, 4.69) is 20.8 Å². The van der Waals surface area contributed by atoms with Crippen molar-refractivity contribution in [3.63, 3.8) is 0 Å². The van der Waals surface area contributed by atoms with Crippen LogP contribution in [0.1, 0.15) is 17.0 Å². The number of nitrogens with one attached hydrogen (secondary N) is 3. The van der Waals surface area contributed by atoms with E-state index in [0.717, 1.165) is 23.6 Å². The highest BCUT2D eigenvalue weighted by molar-refractivity contribution is 6.30. The summed E-state index contributed by atoms with van der Waals surface area (Å²) in [5.41, 5.74) is 4.17. The first-order valence-corrected chi connectivity index (χ1v) is 8.93. The van der Waals surface area contributed by atoms with Gasteiger partial charge in [-0.05, 0) is 61.7 Å². The van der Waals surface area contributed by atoms with Gasteiger partial charge in [-0.25, -0.2) is 4.79 Å². The number of benzene rings is 2. The van der Waals surface area contributed by atoms with Crippen molar-refractivity contribution in [1.82, 2.24) is 10.2 Å². The minimum atomic E-state index is -0.326. The second-order valence-electron chi connectivity index (χ2n) is 6.10. The number of carbonyl (C=O) groups excluding carboxylic acids is 1. The fraction of sp³-hybridized carbons (Fsp3) is 0.200. The molecule has 0 aliphatic rings. The van der Waals surface area contributed by atoms with Crippen molar-refractivity contribution in [3.05, 3.63) is 70.5 Å². The van der Waals surface area contributed by atoms with Gasteiger partial charge in [-0.15, -0.1) is 0 Å². The first-order chi connectivity index (χ1) is 13.0. The van der Waals surface area contributed by atoms with Crippen molar-refractivity contribution in [1.29, 1.82) is 0 Å². The third-order valence-corrected chi connectivity index (χ3v) is 4.42. The average Bonchev–Trinajstić information content (AvgIpc) is 3.02. The van der Waals surface area contributed by atoms with Crippen LogP contribution in [0.4, 0.5) is 16.2 Å². The number of aromatic amines is 1. The summed E-state index contributed by atoms with van der Waals surface area (Å²) in [6.45, 7) is 1.88. The predicted molar refractivity (Wildman–Crippen MR) is 108 cm³/mol. The number of aromatic nitrogens is 2. The molecule has 3 N–H and O–H groups in total. The molecule has 0 saturated carbocycles. The van der Waals surface area contributed by atoms with Crippen LogP contribution in [0, 0.1) is 6.92 Å². The summed E-state index contributed by atoms with van der Waals surface area (Å²) in [4.78, 5) is 12.3. The zero-order chi connectivity index (χ0) is 19.2. The van der Waals surface area contributed by atoms with E-state index in [4.69, 9.17) is 16.3 Å². The zero-order valence-corrected chi connectivity index (χ0v) is 15.9. The molecule has 0 aliphatic carbocycles. The number of amides is 2. The topological polar surface area (TPSA) is 79.0 Å². The van der Waals surface area contributed by atoms with Crippen LogP contribution in [-0.4, -0.2) is 23.3 Å². The summed E-state index contributed by atoms with van der Waals surface area (Å²) in [5, 5.41) is 13.5. The Morgan fingerprint density at radius 3 is 2.44 bits per heavy atom. The minimum absolute atomic E-state index is 0.326. The molecule has 6 nitrogen and oxygen atoms in total. The highest BCUT2D eigenvalue weighted by atomic mass is 35.5. The van der Waals surface area contributed by atoms with Gasteiger partial charge in [-0.1, -0.05) is 23.7 Å². The van der Waals surface area contributed by atoms with Gasteiger partial charge < -0.3 is 15.4 Å². The first kappa shape index (κ1) is 18.8. The van der Waals surface area contributed by atoms with E-state index in [1.807, 2.05) is 31.2 Å². The van der Waals surface area contributed by atoms with Crippen molar-refractivity contribution < 1.29 is 9.53 Å². The van der Waals surface area contributed by atoms with Crippen LogP contribution in [0.2, 0.25) is 5.02 Å². The van der Waals surface area contributed by atoms with E-state index in [1.54, 1.807) is 31.4 Å². The van der Waals surface area contributed by atoms with E-state index in [9.17, 15) is 4.79 Å². The number of H-pyrrole nitrogens is 1. The Morgan fingerprint density at radius 1 is 1.07 bits per heavy atom. The van der Waals surface area contributed by atoms with Crippen LogP contribution >= 0.6 is 11.6 Å². The smallest absolute Gasteiger partial charge is 0.323 e. The van der Waals surface area contributed by atoms with Crippen LogP contribution < -0.4 is 15.4 Å². The Bertz CT molecular complexity index is 905. The van der Waals surface area contributed by atoms with Gasteiger partial charge in [0.2, 0.25) is 0 Å². The number of rotatable bonds is 6. The number of ether oxygens (including phenoxy) is 1. The van der Waals surface area contributed by atoms with Crippen LogP contribution in [-0.2, 0) is 12.8 Å². The van der Waals surface area contributed by atoms with Gasteiger partial charge in [0.1, 0.15) is 5.75 Å². The van der Waals surface area contributed by atoms with Crippen molar-refractivity contribution in [2.24, 2.45) is 0 Å². The highest BCUT2D eigenvalue weighted by Crippen LogP contribution is 2.21. The van der Waals surface area contributed by atoms with Gasteiger partial charge in [-0.3, -0.25) is 5.10 Å². The van der Waals surface area contributed by atoms with E-state index >= 15 is 0 Å². The standard InChI is InChI=1S/C20H21ClN4O2/c1-13-19(23-20(26)22-16-8-6-15(21)7-9-16)18(25-24-13)12-5-14-3-10-17(27-2)11-4-14/h3-4,6-11H,5,12H2,1-2H3,(H,24,25)(H2,22,23,26). The largest absolute Gasteiger partial charge is 0.497 e. The number of nitrogens with zero attached hydrogens (tertiary/aromatic N) is 1. The normalized spacial score (nSPS) is 10.5. The molecule has 0 bridgehead atoms. The lowest BCUT2D eigenvalue weighted by molar-refractivity contribution is 0.262. The SMILES string of the molecule is COc1ccc(CCc2n[nH]c(C)c2NC(=O)Nc2ccc(Cl)cc2)cc1. The number of aryl methyl sites for hydroxylation is 3. The molecule has 1 heterocycles. The summed E-state index contributed by atoms with van der Waals surface area (Å²) in [7, 11) is 1.65. The Balaban J connectivity index is 1.63. The molecule has 0 fully saturated rings. The molecule has 2 aromatic carbocycles. The number of anilines is 2. The van der Waals surface area contributed by atoms with Crippen LogP contribution in [0.25, 0.3) is 0 Å². The number of halogens is 1. The molecule has 0 saturated heterocycles. The molecule has 1 aromatic heterocycles. The molecule has 7 heteroatoms. The van der Waals surface area contributed by atoms with Crippen LogP contribution in [0.5, 0.6) is 5.75 Å². The zero-order valence-electron chi connectivity index (χ0n) is 15.2. The molecule has 3 rings (SSSR count). The minimum Gasteiger partial charge on any atom is -0.497 e. The molecule has 0 atom stereocenters. The lowest BCUT2D eigenvalue weighted by atomic mass is 10.1. The number of hydrogen-bond donors (Lipinski definition) is 3. The van der Waals surface area contributed by atoms with E-state index in [0.29, 0.717) is 22.8 Å². The van der Waals surface area contributed by atoms with Crippen molar-refractivity contribution in [2.45, 2.75) is 19.8 Å². The number of hydrogen-bond acceptors (Lipinski definition) is 3. The Morgan fingerprint density at radius 2 is 1.78 bits per heavy atom. The van der Waals surface area contributed by atoms with Gasteiger partial charge >= 0.3 is 6.03 Å². The van der Waals surface area contributed by atoms with Crippen molar-refractivity contribution in [2.75, 3.05) is 17.7 Å². The maximum absolute atomic E-state index is 12.3. The molecule has 27 heavy (non-hydrogen) atoms. The first-order valence-electron chi connectivity index (χ1n) is 8.55. The lowest BCUT2D eigenvalue weighted by Gasteiger charge is -2.09. The predicted octanol–water partition coefficient (Wildman–Crippen LogP) is 4.81. The molecular weight excluding hydrogens is 364 g/mol. The molecule has 0 aliphatic heterocycles. The summed E-state index contributed by atoms with van der Waals surface area (Å²) >= 11 is 5.86. The Labute approximate surface area is 162 Å². The van der Waals surface area contributed by atoms with E-state index in [1.165, 1.54) is 5.56 Å². The third kappa shape index (κ3) is 5.01. The van der Waals surface area contributed by atoms with E-state index < -0.39 is 0 Å².